The Morgan fingerprint density at radius 3 is 0.993 bits per heavy atom. The third-order valence-electron chi connectivity index (χ3n) is 25.7. The molecular weight excluding hydrogens is 1850 g/mol. The van der Waals surface area contributed by atoms with Crippen molar-refractivity contribution in [3.05, 3.63) is 281 Å². The maximum atomic E-state index is 11.9. The van der Waals surface area contributed by atoms with E-state index >= 15 is 0 Å². The summed E-state index contributed by atoms with van der Waals surface area (Å²) in [6.45, 7) is 5.33. The Morgan fingerprint density at radius 1 is 0.348 bits per heavy atom. The van der Waals surface area contributed by atoms with Crippen molar-refractivity contribution >= 4 is 138 Å². The topological polar surface area (TPSA) is 366 Å². The molecule has 0 amide bonds. The predicted molar refractivity (Wildman–Crippen MR) is 545 cm³/mol. The van der Waals surface area contributed by atoms with Gasteiger partial charge in [-0.1, -0.05) is 31.7 Å². The molecule has 12 aromatic heterocycles. The molecule has 0 radical (unpaired) electrons. The Balaban J connectivity index is 0.000000133. The van der Waals surface area contributed by atoms with Gasteiger partial charge in [0.2, 0.25) is 20.5 Å². The third-order valence-corrected chi connectivity index (χ3v) is 31.2. The lowest BCUT2D eigenvalue weighted by Crippen LogP contribution is -2.33. The number of allylic oxidation sites excluding steroid dienone is 4. The number of carbonyl (C=O) groups excluding carboxylic acids is 8. The zero-order valence-corrected chi connectivity index (χ0v) is 80.9. The SMILES string of the molecule is C.Cc1ccc(-c2ncccc2CNC2CCC(Cc3nccc(/C=C4\SC(=O)CC4=O)n3)CC2)s1.O=C1CC(=O)/C(=C/c2ccnc(CC3CCC(NCc4cccnc4-c4ccco4)CC3)n2)S1.O=C1CC(=O)/C(=C/c2ccnc(CC3CCC(NCc4cccnc4-c4ccoc4)CC3)n2)S1.O=C1CC(=O)/C(=C/c2ccnc(CC3CCC(NCc4cccnc4-c4ccsc4)CC3)n2)S1. The Morgan fingerprint density at radius 2 is 0.688 bits per heavy atom. The molecule has 16 heterocycles. The fraction of sp³-hybridized carbons (Fsp3) is 0.358. The molecule has 4 saturated carbocycles. The van der Waals surface area contributed by atoms with E-state index in [9.17, 15) is 38.4 Å². The number of nitrogens with one attached hydrogen (secondary N) is 4. The maximum absolute atomic E-state index is 11.9. The van der Waals surface area contributed by atoms with Crippen LogP contribution >= 0.6 is 69.7 Å². The van der Waals surface area contributed by atoms with Crippen molar-refractivity contribution in [3.8, 4) is 44.5 Å². The molecule has 710 valence electrons. The second-order valence-corrected chi connectivity index (χ2v) is 42.1. The molecule has 8 aliphatic rings. The summed E-state index contributed by atoms with van der Waals surface area (Å²) in [5, 5.41) is 18.8. The molecule has 4 saturated heterocycles. The van der Waals surface area contributed by atoms with Gasteiger partial charge in [0, 0.05) is 147 Å². The van der Waals surface area contributed by atoms with Crippen LogP contribution in [0, 0.1) is 30.6 Å². The van der Waals surface area contributed by atoms with Gasteiger partial charge < -0.3 is 30.1 Å². The van der Waals surface area contributed by atoms with E-state index in [0.717, 1.165) is 265 Å². The zero-order chi connectivity index (χ0) is 94.2. The molecule has 26 nitrogen and oxygen atoms in total. The number of aromatic nitrogens is 12. The Kier molecular flexibility index (Phi) is 35.5. The zero-order valence-electron chi connectivity index (χ0n) is 76.0. The fourth-order valence-electron chi connectivity index (χ4n) is 18.5. The van der Waals surface area contributed by atoms with Crippen LogP contribution < -0.4 is 21.3 Å². The summed E-state index contributed by atoms with van der Waals surface area (Å²) in [4.78, 5) is 152. The normalized spacial score (nSPS) is 21.7. The van der Waals surface area contributed by atoms with Crippen molar-refractivity contribution < 1.29 is 47.2 Å². The van der Waals surface area contributed by atoms with Gasteiger partial charge in [0.05, 0.1) is 109 Å². The summed E-state index contributed by atoms with van der Waals surface area (Å²) in [6, 6.07) is 37.8. The number of furan rings is 2. The van der Waals surface area contributed by atoms with Crippen LogP contribution in [-0.4, -0.2) is 128 Å². The number of carbonyl (C=O) groups is 8. The minimum atomic E-state index is -0.122. The van der Waals surface area contributed by atoms with E-state index in [1.54, 1.807) is 121 Å². The van der Waals surface area contributed by atoms with Crippen LogP contribution in [0.15, 0.2) is 217 Å². The minimum Gasteiger partial charge on any atom is -0.472 e. The first-order valence-corrected chi connectivity index (χ1v) is 51.9. The molecule has 4 aliphatic heterocycles. The molecule has 20 rings (SSSR count). The lowest BCUT2D eigenvalue weighted by atomic mass is 9.84. The fourth-order valence-corrected chi connectivity index (χ4v) is 23.3. The summed E-state index contributed by atoms with van der Waals surface area (Å²) >= 11 is 7.53. The Hall–Kier alpha value is -11.6. The van der Waals surface area contributed by atoms with Crippen LogP contribution in [0.2, 0.25) is 0 Å². The van der Waals surface area contributed by atoms with E-state index in [4.69, 9.17) is 8.83 Å². The van der Waals surface area contributed by atoms with Crippen LogP contribution in [0.5, 0.6) is 0 Å². The molecule has 0 spiro atoms. The van der Waals surface area contributed by atoms with Crippen LogP contribution in [0.4, 0.5) is 0 Å². The number of Topliss-reactive ketones (excluding diaryl/α,β-unsaturated/α-hetero) is 4. The lowest BCUT2D eigenvalue weighted by Gasteiger charge is -2.29. The summed E-state index contributed by atoms with van der Waals surface area (Å²) in [7, 11) is 0. The highest BCUT2D eigenvalue weighted by Crippen LogP contribution is 2.39. The van der Waals surface area contributed by atoms with E-state index in [-0.39, 0.29) is 76.7 Å². The second kappa shape index (κ2) is 49.3. The third kappa shape index (κ3) is 28.4. The van der Waals surface area contributed by atoms with Gasteiger partial charge in [0.1, 0.15) is 29.0 Å². The first kappa shape index (κ1) is 99.5. The van der Waals surface area contributed by atoms with Crippen molar-refractivity contribution in [2.45, 2.75) is 219 Å². The summed E-state index contributed by atoms with van der Waals surface area (Å²) in [5.74, 6) is 5.74. The number of nitrogens with zero attached hydrogens (tertiary/aromatic N) is 12. The molecule has 12 aromatic rings. The smallest absolute Gasteiger partial charge is 0.201 e. The maximum Gasteiger partial charge on any atom is 0.201 e. The van der Waals surface area contributed by atoms with Crippen molar-refractivity contribution in [2.24, 2.45) is 23.7 Å². The first-order valence-electron chi connectivity index (χ1n) is 46.9. The molecule has 138 heavy (non-hydrogen) atoms. The molecule has 0 aromatic carbocycles. The number of hydrogen-bond donors (Lipinski definition) is 4. The van der Waals surface area contributed by atoms with Crippen LogP contribution in [-0.2, 0) is 90.2 Å². The van der Waals surface area contributed by atoms with Gasteiger partial charge in [-0.3, -0.25) is 58.3 Å². The number of pyridine rings is 4. The van der Waals surface area contributed by atoms with Crippen LogP contribution in [0.3, 0.4) is 0 Å². The predicted octanol–water partition coefficient (Wildman–Crippen LogP) is 20.3. The summed E-state index contributed by atoms with van der Waals surface area (Å²) < 4.78 is 10.8. The van der Waals surface area contributed by atoms with Gasteiger partial charge >= 0.3 is 0 Å². The molecule has 8 fully saturated rings. The van der Waals surface area contributed by atoms with Crippen LogP contribution in [0.25, 0.3) is 68.8 Å². The van der Waals surface area contributed by atoms with E-state index in [1.165, 1.54) is 32.0 Å². The quantitative estimate of drug-likeness (QED) is 0.0261. The van der Waals surface area contributed by atoms with E-state index < -0.39 is 0 Å². The van der Waals surface area contributed by atoms with E-state index in [2.05, 4.69) is 141 Å². The van der Waals surface area contributed by atoms with Gasteiger partial charge in [-0.15, -0.1) is 11.3 Å². The molecular formula is C106H110N16O10S6. The number of thioether (sulfide) groups is 4. The monoisotopic (exact) mass is 1960 g/mol. The lowest BCUT2D eigenvalue weighted by molar-refractivity contribution is -0.120. The van der Waals surface area contributed by atoms with Gasteiger partial charge in [-0.05, 0) is 317 Å². The average molecular weight is 1960 g/mol. The number of hydrogen-bond acceptors (Lipinski definition) is 32. The largest absolute Gasteiger partial charge is 0.472 e. The molecule has 0 atom stereocenters. The van der Waals surface area contributed by atoms with E-state index in [1.807, 2.05) is 61.1 Å². The van der Waals surface area contributed by atoms with Crippen molar-refractivity contribution in [2.75, 3.05) is 0 Å². The molecule has 4 aliphatic carbocycles. The van der Waals surface area contributed by atoms with Crippen molar-refractivity contribution in [1.82, 2.24) is 81.1 Å². The number of aryl methyl sites for hydroxylation is 1. The second-order valence-electron chi connectivity index (χ2n) is 35.6. The number of rotatable bonds is 28. The molecule has 0 unspecified atom stereocenters. The van der Waals surface area contributed by atoms with Gasteiger partial charge in [0.15, 0.2) is 28.9 Å². The number of thiophene rings is 2. The highest BCUT2D eigenvalue weighted by atomic mass is 32.2. The van der Waals surface area contributed by atoms with E-state index in [0.29, 0.717) is 90.2 Å². The van der Waals surface area contributed by atoms with Crippen LogP contribution in [0.1, 0.15) is 209 Å². The molecule has 32 heteroatoms. The minimum absolute atomic E-state index is 0. The van der Waals surface area contributed by atoms with Gasteiger partial charge in [-0.2, -0.15) is 11.3 Å². The van der Waals surface area contributed by atoms with Gasteiger partial charge in [0.25, 0.3) is 0 Å². The summed E-state index contributed by atoms with van der Waals surface area (Å²) in [6.07, 6.45) is 47.5. The first-order chi connectivity index (χ1) is 66.9. The van der Waals surface area contributed by atoms with Crippen molar-refractivity contribution in [1.29, 1.82) is 0 Å². The standard InChI is InChI=1S/C27H28N4O2S2.2C26H26N4O3S.C26H26N4O2S2.CH4/c1-17-4-9-23(34-17)27-19(3-2-11-29-27)16-30-20-7-5-18(6-8-20)13-25-28-12-10-21(31-25)14-24-22(32)15-26(33)35-24;31-21-15-25(32)34-23(21)14-20-9-11-27-24(30-20)13-17-5-7-19(8-6-17)29-16-18-3-1-10-28-26(18)22-4-2-12-33-22;2*31-22-14-25(32)34-23(22)13-21-7-10-27-24(30-21)12-17-3-5-20(6-4-17)29-15-18-2-1-9-28-26(18)19-8-11-33-16-19;/h2-4,9-12,14,18,20,30H,5-8,13,15-16H2,1H3;1-4,9-12,14,17,19,29H,5-8,13,15-16H2;2*1-2,7-11,13,16-17,20,29H,3-6,12,14-15H2;1H4/b24-14-;23-14-;2*23-13-;. The highest BCUT2D eigenvalue weighted by molar-refractivity contribution is 8.19. The summed E-state index contributed by atoms with van der Waals surface area (Å²) in [5.41, 5.74) is 13.8. The Bertz CT molecular complexity index is 5940. The Labute approximate surface area is 827 Å². The molecule has 0 bridgehead atoms. The number of ketones is 4. The van der Waals surface area contributed by atoms with Gasteiger partial charge in [-0.25, -0.2) is 39.9 Å². The average Bonchev–Trinajstić information content (AvgIpc) is 1.62. The van der Waals surface area contributed by atoms with Crippen molar-refractivity contribution in [3.63, 3.8) is 0 Å². The highest BCUT2D eigenvalue weighted by Gasteiger charge is 2.33. The molecule has 4 N–H and O–H groups in total.